The molecule has 1 rings (SSSR count). The molecule has 5 nitrogen and oxygen atoms in total. The van der Waals surface area contributed by atoms with E-state index in [-0.39, 0.29) is 18.6 Å². The Balaban J connectivity index is 3.38. The number of aldehydes is 1. The molecule has 20 heavy (non-hydrogen) atoms. The molecule has 0 N–H and O–H groups in total. The number of carbonyl (C=O) groups is 2. The number of benzene rings is 1. The fourth-order valence-electron chi connectivity index (χ4n) is 2.10. The van der Waals surface area contributed by atoms with Crippen LogP contribution < -0.4 is 9.47 Å². The molecule has 1 aromatic rings. The van der Waals surface area contributed by atoms with Crippen LogP contribution in [0.4, 0.5) is 0 Å². The van der Waals surface area contributed by atoms with Crippen molar-refractivity contribution < 1.29 is 19.1 Å². The fourth-order valence-corrected chi connectivity index (χ4v) is 2.10. The van der Waals surface area contributed by atoms with Crippen molar-refractivity contribution in [2.24, 2.45) is 0 Å². The van der Waals surface area contributed by atoms with Crippen LogP contribution >= 0.6 is 0 Å². The Labute approximate surface area is 118 Å². The molecule has 0 aliphatic rings. The van der Waals surface area contributed by atoms with Gasteiger partial charge in [-0.3, -0.25) is 4.79 Å². The Morgan fingerprint density at radius 1 is 1.35 bits per heavy atom. The van der Waals surface area contributed by atoms with Gasteiger partial charge in [0.2, 0.25) is 0 Å². The Morgan fingerprint density at radius 3 is 2.45 bits per heavy atom. The normalized spacial score (nSPS) is 12.9. The van der Waals surface area contributed by atoms with Gasteiger partial charge in [0, 0.05) is 6.42 Å². The average molecular weight is 275 g/mol. The number of nitrogens with zero attached hydrogens (tertiary/aromatic N) is 1. The topological polar surface area (TPSA) is 76.4 Å². The lowest BCUT2D eigenvalue weighted by molar-refractivity contribution is -0.121. The molecule has 0 aliphatic heterocycles. The summed E-state index contributed by atoms with van der Waals surface area (Å²) in [5.74, 6) is 0.660. The van der Waals surface area contributed by atoms with E-state index >= 15 is 0 Å². The summed E-state index contributed by atoms with van der Waals surface area (Å²) in [5, 5.41) is 9.46. The van der Waals surface area contributed by atoms with Crippen molar-refractivity contribution in [3.05, 3.63) is 23.8 Å². The second kappa shape index (κ2) is 6.71. The standard InChI is InChI=1S/C15H17NO4/c1-11(18)15(10-16,7-4-8-17)12-5-6-13(19-2)14(9-12)20-3/h5-6,8-9H,4,7H2,1-3H3/t15-/m0/s1. The molecule has 0 heterocycles. The SMILES string of the molecule is COc1ccc([C@](C#N)(CCC=O)C(C)=O)cc1OC. The predicted molar refractivity (Wildman–Crippen MR) is 72.8 cm³/mol. The second-order valence-electron chi connectivity index (χ2n) is 4.35. The van der Waals surface area contributed by atoms with Gasteiger partial charge in [0.15, 0.2) is 17.3 Å². The Bertz CT molecular complexity index is 547. The minimum atomic E-state index is -1.33. The van der Waals surface area contributed by atoms with E-state index in [4.69, 9.17) is 9.47 Å². The maximum absolute atomic E-state index is 11.9. The average Bonchev–Trinajstić information content (AvgIpc) is 2.47. The first-order chi connectivity index (χ1) is 9.55. The molecule has 0 spiro atoms. The van der Waals surface area contributed by atoms with Gasteiger partial charge in [0.05, 0.1) is 20.3 Å². The van der Waals surface area contributed by atoms with Crippen molar-refractivity contribution in [3.8, 4) is 17.6 Å². The van der Waals surface area contributed by atoms with Gasteiger partial charge < -0.3 is 14.3 Å². The molecule has 1 atom stereocenters. The highest BCUT2D eigenvalue weighted by molar-refractivity contribution is 5.91. The zero-order chi connectivity index (χ0) is 15.2. The minimum absolute atomic E-state index is 0.140. The van der Waals surface area contributed by atoms with Crippen LogP contribution in [0.25, 0.3) is 0 Å². The molecule has 0 aliphatic carbocycles. The lowest BCUT2D eigenvalue weighted by Crippen LogP contribution is -2.32. The Kier molecular flexibility index (Phi) is 5.27. The quantitative estimate of drug-likeness (QED) is 0.712. The first kappa shape index (κ1) is 15.7. The third kappa shape index (κ3) is 2.80. The van der Waals surface area contributed by atoms with Crippen molar-refractivity contribution >= 4 is 12.1 Å². The molecule has 5 heteroatoms. The van der Waals surface area contributed by atoms with Gasteiger partial charge in [-0.05, 0) is 31.0 Å². The summed E-state index contributed by atoms with van der Waals surface area (Å²) in [7, 11) is 2.99. The molecule has 0 fully saturated rings. The number of methoxy groups -OCH3 is 2. The maximum Gasteiger partial charge on any atom is 0.161 e. The molecular weight excluding hydrogens is 258 g/mol. The lowest BCUT2D eigenvalue weighted by atomic mass is 9.75. The van der Waals surface area contributed by atoms with E-state index in [1.807, 2.05) is 0 Å². The van der Waals surface area contributed by atoms with Crippen molar-refractivity contribution in [2.45, 2.75) is 25.2 Å². The Hall–Kier alpha value is -2.35. The van der Waals surface area contributed by atoms with E-state index in [0.717, 1.165) is 0 Å². The summed E-state index contributed by atoms with van der Waals surface area (Å²) in [6.45, 7) is 1.35. The van der Waals surface area contributed by atoms with Crippen LogP contribution in [0, 0.1) is 11.3 Å². The second-order valence-corrected chi connectivity index (χ2v) is 4.35. The van der Waals surface area contributed by atoms with Gasteiger partial charge in [0.25, 0.3) is 0 Å². The largest absolute Gasteiger partial charge is 0.493 e. The van der Waals surface area contributed by atoms with Gasteiger partial charge in [-0.15, -0.1) is 0 Å². The number of nitriles is 1. The molecule has 1 aromatic carbocycles. The van der Waals surface area contributed by atoms with E-state index in [9.17, 15) is 14.9 Å². The number of hydrogen-bond donors (Lipinski definition) is 0. The van der Waals surface area contributed by atoms with Gasteiger partial charge in [0.1, 0.15) is 11.7 Å². The predicted octanol–water partition coefficient (Wildman–Crippen LogP) is 2.03. The fraction of sp³-hybridized carbons (Fsp3) is 0.400. The van der Waals surface area contributed by atoms with Gasteiger partial charge in [-0.2, -0.15) is 5.26 Å². The zero-order valence-corrected chi connectivity index (χ0v) is 11.8. The van der Waals surface area contributed by atoms with Crippen LogP contribution in [-0.2, 0) is 15.0 Å². The number of ether oxygens (including phenoxy) is 2. The molecule has 106 valence electrons. The molecule has 0 aromatic heterocycles. The first-order valence-electron chi connectivity index (χ1n) is 6.14. The summed E-state index contributed by atoms with van der Waals surface area (Å²) >= 11 is 0. The molecule has 0 amide bonds. The molecule has 0 bridgehead atoms. The molecule has 0 saturated carbocycles. The highest BCUT2D eigenvalue weighted by Gasteiger charge is 2.37. The number of ketones is 1. The number of Topliss-reactive ketones (excluding diaryl/α,β-unsaturated/α-hetero) is 1. The van der Waals surface area contributed by atoms with Crippen molar-refractivity contribution in [3.63, 3.8) is 0 Å². The summed E-state index contributed by atoms with van der Waals surface area (Å²) in [5.41, 5.74) is -0.826. The molecular formula is C15H17NO4. The van der Waals surface area contributed by atoms with Crippen LogP contribution in [0.3, 0.4) is 0 Å². The van der Waals surface area contributed by atoms with Crippen LogP contribution in [0.2, 0.25) is 0 Å². The van der Waals surface area contributed by atoms with Crippen LogP contribution in [0.1, 0.15) is 25.3 Å². The van der Waals surface area contributed by atoms with Gasteiger partial charge in [-0.25, -0.2) is 0 Å². The van der Waals surface area contributed by atoms with Crippen LogP contribution in [0.15, 0.2) is 18.2 Å². The summed E-state index contributed by atoms with van der Waals surface area (Å²) in [4.78, 5) is 22.5. The third-order valence-corrected chi connectivity index (χ3v) is 3.31. The highest BCUT2D eigenvalue weighted by atomic mass is 16.5. The number of carbonyl (C=O) groups excluding carboxylic acids is 2. The van der Waals surface area contributed by atoms with Crippen LogP contribution in [0.5, 0.6) is 11.5 Å². The van der Waals surface area contributed by atoms with E-state index < -0.39 is 5.41 Å². The summed E-state index contributed by atoms with van der Waals surface area (Å²) in [6.07, 6.45) is 0.995. The monoisotopic (exact) mass is 275 g/mol. The smallest absolute Gasteiger partial charge is 0.161 e. The zero-order valence-electron chi connectivity index (χ0n) is 11.8. The van der Waals surface area contributed by atoms with E-state index in [2.05, 4.69) is 6.07 Å². The maximum atomic E-state index is 11.9. The van der Waals surface area contributed by atoms with E-state index in [1.165, 1.54) is 21.1 Å². The summed E-state index contributed by atoms with van der Waals surface area (Å²) in [6, 6.07) is 6.95. The van der Waals surface area contributed by atoms with Crippen molar-refractivity contribution in [1.29, 1.82) is 5.26 Å². The van der Waals surface area contributed by atoms with Gasteiger partial charge >= 0.3 is 0 Å². The molecule has 0 unspecified atom stereocenters. The molecule has 0 saturated heterocycles. The van der Waals surface area contributed by atoms with Crippen molar-refractivity contribution in [1.82, 2.24) is 0 Å². The first-order valence-corrected chi connectivity index (χ1v) is 6.14. The molecule has 0 radical (unpaired) electrons. The number of rotatable bonds is 7. The number of hydrogen-bond acceptors (Lipinski definition) is 5. The van der Waals surface area contributed by atoms with Crippen molar-refractivity contribution in [2.75, 3.05) is 14.2 Å². The summed E-state index contributed by atoms with van der Waals surface area (Å²) < 4.78 is 10.3. The lowest BCUT2D eigenvalue weighted by Gasteiger charge is -2.24. The van der Waals surface area contributed by atoms with E-state index in [0.29, 0.717) is 23.3 Å². The minimum Gasteiger partial charge on any atom is -0.493 e. The Morgan fingerprint density at radius 2 is 2.00 bits per heavy atom. The van der Waals surface area contributed by atoms with Crippen LogP contribution in [-0.4, -0.2) is 26.3 Å². The van der Waals surface area contributed by atoms with Gasteiger partial charge in [-0.1, -0.05) is 6.07 Å². The highest BCUT2D eigenvalue weighted by Crippen LogP contribution is 2.36. The van der Waals surface area contributed by atoms with E-state index in [1.54, 1.807) is 18.2 Å². The third-order valence-electron chi connectivity index (χ3n) is 3.31.